The molecule has 1 N–H and O–H groups in total. The summed E-state index contributed by atoms with van der Waals surface area (Å²) in [5.74, 6) is 0.968. The van der Waals surface area contributed by atoms with Crippen molar-refractivity contribution in [2.45, 2.75) is 93.0 Å². The maximum absolute atomic E-state index is 5.82. The van der Waals surface area contributed by atoms with Gasteiger partial charge in [-0.1, -0.05) is 85.8 Å². The number of nitrogens with one attached hydrogen (secondary N) is 1. The van der Waals surface area contributed by atoms with Crippen LogP contribution in [0.15, 0.2) is 24.3 Å². The monoisotopic (exact) mass is 361 g/mol. The van der Waals surface area contributed by atoms with Gasteiger partial charge in [0, 0.05) is 6.54 Å². The molecular formula is C24H43NO. The van der Waals surface area contributed by atoms with Gasteiger partial charge in [0.25, 0.3) is 0 Å². The molecule has 0 spiro atoms. The molecule has 0 amide bonds. The average Bonchev–Trinajstić information content (AvgIpc) is 2.59. The maximum atomic E-state index is 5.82. The maximum Gasteiger partial charge on any atom is 0.119 e. The van der Waals surface area contributed by atoms with Gasteiger partial charge in [-0.2, -0.15) is 0 Å². The minimum Gasteiger partial charge on any atom is -0.493 e. The number of benzene rings is 1. The van der Waals surface area contributed by atoms with Crippen molar-refractivity contribution in [3.63, 3.8) is 0 Å². The number of ether oxygens (including phenoxy) is 1. The van der Waals surface area contributed by atoms with Crippen LogP contribution < -0.4 is 10.1 Å². The van der Waals surface area contributed by atoms with Crippen LogP contribution in [0.2, 0.25) is 0 Å². The number of hydrogen-bond donors (Lipinski definition) is 1. The van der Waals surface area contributed by atoms with Crippen LogP contribution in [0.25, 0.3) is 0 Å². The fourth-order valence-corrected chi connectivity index (χ4v) is 2.80. The van der Waals surface area contributed by atoms with Gasteiger partial charge >= 0.3 is 0 Å². The van der Waals surface area contributed by atoms with E-state index >= 15 is 0 Å². The summed E-state index contributed by atoms with van der Waals surface area (Å²) >= 11 is 0. The lowest BCUT2D eigenvalue weighted by Crippen LogP contribution is -2.17. The first-order valence-electron chi connectivity index (χ1n) is 10.6. The minimum atomic E-state index is 0.201. The zero-order valence-electron chi connectivity index (χ0n) is 18.3. The summed E-state index contributed by atoms with van der Waals surface area (Å²) in [5, 5.41) is 3.56. The molecule has 1 aromatic rings. The normalized spacial score (nSPS) is 12.4. The molecule has 1 aromatic carbocycles. The summed E-state index contributed by atoms with van der Waals surface area (Å²) < 4.78 is 5.82. The summed E-state index contributed by atoms with van der Waals surface area (Å²) in [7, 11) is 0. The third kappa shape index (κ3) is 11.6. The molecule has 2 heteroatoms. The Morgan fingerprint density at radius 1 is 0.846 bits per heavy atom. The van der Waals surface area contributed by atoms with Gasteiger partial charge in [-0.15, -0.1) is 0 Å². The summed E-state index contributed by atoms with van der Waals surface area (Å²) in [6.45, 7) is 16.5. The molecule has 2 nitrogen and oxygen atoms in total. The first-order valence-corrected chi connectivity index (χ1v) is 10.6. The van der Waals surface area contributed by atoms with Crippen LogP contribution >= 0.6 is 0 Å². The van der Waals surface area contributed by atoms with Gasteiger partial charge in [0.15, 0.2) is 0 Å². The molecule has 26 heavy (non-hydrogen) atoms. The average molecular weight is 362 g/mol. The van der Waals surface area contributed by atoms with Gasteiger partial charge in [0.2, 0.25) is 0 Å². The molecule has 0 aliphatic carbocycles. The van der Waals surface area contributed by atoms with Crippen LogP contribution in [0, 0.1) is 10.8 Å². The molecule has 0 aliphatic rings. The second-order valence-electron chi connectivity index (χ2n) is 9.71. The molecule has 0 saturated carbocycles. The fourth-order valence-electron chi connectivity index (χ4n) is 2.80. The highest BCUT2D eigenvalue weighted by Gasteiger charge is 2.13. The third-order valence-electron chi connectivity index (χ3n) is 5.09. The van der Waals surface area contributed by atoms with Crippen LogP contribution in [0.5, 0.6) is 5.75 Å². The van der Waals surface area contributed by atoms with Crippen LogP contribution in [-0.2, 0) is 6.54 Å². The van der Waals surface area contributed by atoms with E-state index in [1.165, 1.54) is 50.5 Å². The van der Waals surface area contributed by atoms with Crippen LogP contribution in [0.1, 0.15) is 92.1 Å². The van der Waals surface area contributed by atoms with Gasteiger partial charge in [0.05, 0.1) is 6.61 Å². The first-order chi connectivity index (χ1) is 12.2. The lowest BCUT2D eigenvalue weighted by Gasteiger charge is -2.22. The largest absolute Gasteiger partial charge is 0.493 e. The van der Waals surface area contributed by atoms with E-state index in [0.29, 0.717) is 5.41 Å². The van der Waals surface area contributed by atoms with Crippen LogP contribution in [-0.4, -0.2) is 13.2 Å². The standard InChI is InChI=1S/C24H43NO/c1-7-24(5,6)17-11-9-8-10-12-18-25-19-21-13-15-22(16-14-21)26-20-23(2,3)4/h13-16,25H,7-12,17-20H2,1-6H3. The Labute approximate surface area is 163 Å². The molecule has 0 atom stereocenters. The van der Waals surface area contributed by atoms with Gasteiger partial charge in [-0.3, -0.25) is 0 Å². The lowest BCUT2D eigenvalue weighted by atomic mass is 9.84. The van der Waals surface area contributed by atoms with E-state index in [4.69, 9.17) is 4.74 Å². The number of hydrogen-bond acceptors (Lipinski definition) is 2. The van der Waals surface area contributed by atoms with Crippen molar-refractivity contribution >= 4 is 0 Å². The summed E-state index contributed by atoms with van der Waals surface area (Å²) in [5.41, 5.74) is 2.07. The summed E-state index contributed by atoms with van der Waals surface area (Å²) in [6, 6.07) is 8.50. The van der Waals surface area contributed by atoms with Crippen molar-refractivity contribution in [2.24, 2.45) is 10.8 Å². The van der Waals surface area contributed by atoms with Crippen molar-refractivity contribution < 1.29 is 4.74 Å². The first kappa shape index (κ1) is 23.0. The van der Waals surface area contributed by atoms with Crippen molar-refractivity contribution in [2.75, 3.05) is 13.2 Å². The van der Waals surface area contributed by atoms with Gasteiger partial charge in [-0.25, -0.2) is 0 Å². The third-order valence-corrected chi connectivity index (χ3v) is 5.09. The van der Waals surface area contributed by atoms with Gasteiger partial charge in [0.1, 0.15) is 5.75 Å². The predicted molar refractivity (Wildman–Crippen MR) is 115 cm³/mol. The highest BCUT2D eigenvalue weighted by Crippen LogP contribution is 2.27. The molecule has 1 rings (SSSR count). The van der Waals surface area contributed by atoms with Crippen LogP contribution in [0.3, 0.4) is 0 Å². The summed E-state index contributed by atoms with van der Waals surface area (Å²) in [6.07, 6.45) is 9.44. The van der Waals surface area contributed by atoms with Crippen molar-refractivity contribution in [3.8, 4) is 5.75 Å². The second-order valence-corrected chi connectivity index (χ2v) is 9.71. The Kier molecular flexibility index (Phi) is 10.3. The highest BCUT2D eigenvalue weighted by molar-refractivity contribution is 5.27. The van der Waals surface area contributed by atoms with Crippen molar-refractivity contribution in [3.05, 3.63) is 29.8 Å². The van der Waals surface area contributed by atoms with E-state index in [1.807, 2.05) is 0 Å². The molecule has 0 unspecified atom stereocenters. The Hall–Kier alpha value is -1.02. The molecule has 0 aromatic heterocycles. The smallest absolute Gasteiger partial charge is 0.119 e. The number of unbranched alkanes of at least 4 members (excludes halogenated alkanes) is 4. The molecular weight excluding hydrogens is 318 g/mol. The zero-order valence-corrected chi connectivity index (χ0v) is 18.3. The Morgan fingerprint density at radius 2 is 1.46 bits per heavy atom. The lowest BCUT2D eigenvalue weighted by molar-refractivity contribution is 0.198. The Morgan fingerprint density at radius 3 is 2.08 bits per heavy atom. The van der Waals surface area contributed by atoms with Crippen molar-refractivity contribution in [1.82, 2.24) is 5.32 Å². The second kappa shape index (κ2) is 11.6. The fraction of sp³-hybridized carbons (Fsp3) is 0.750. The zero-order chi connectivity index (χ0) is 19.5. The molecule has 0 aliphatic heterocycles. The summed E-state index contributed by atoms with van der Waals surface area (Å²) in [4.78, 5) is 0. The highest BCUT2D eigenvalue weighted by atomic mass is 16.5. The molecule has 0 radical (unpaired) electrons. The van der Waals surface area contributed by atoms with E-state index < -0.39 is 0 Å². The SMILES string of the molecule is CCC(C)(C)CCCCCCCNCc1ccc(OCC(C)(C)C)cc1. The molecule has 0 bridgehead atoms. The van der Waals surface area contributed by atoms with E-state index in [-0.39, 0.29) is 5.41 Å². The molecule has 0 heterocycles. The Balaban J connectivity index is 2.04. The van der Waals surface area contributed by atoms with E-state index in [9.17, 15) is 0 Å². The van der Waals surface area contributed by atoms with E-state index in [0.717, 1.165) is 25.4 Å². The van der Waals surface area contributed by atoms with E-state index in [1.54, 1.807) is 0 Å². The van der Waals surface area contributed by atoms with Crippen LogP contribution in [0.4, 0.5) is 0 Å². The molecule has 150 valence electrons. The Bertz CT molecular complexity index is 470. The topological polar surface area (TPSA) is 21.3 Å². The van der Waals surface area contributed by atoms with Crippen molar-refractivity contribution in [1.29, 1.82) is 0 Å². The minimum absolute atomic E-state index is 0.201. The quantitative estimate of drug-likeness (QED) is 0.383. The molecule has 0 fully saturated rings. The van der Waals surface area contributed by atoms with Gasteiger partial charge < -0.3 is 10.1 Å². The molecule has 0 saturated heterocycles. The predicted octanol–water partition coefficient (Wildman–Crippen LogP) is 6.98. The van der Waals surface area contributed by atoms with E-state index in [2.05, 4.69) is 71.1 Å². The number of rotatable bonds is 13. The van der Waals surface area contributed by atoms with Gasteiger partial charge in [-0.05, 0) is 47.9 Å².